The van der Waals surface area contributed by atoms with Gasteiger partial charge in [-0.2, -0.15) is 0 Å². The molecule has 66 valence electrons. The first-order valence-corrected chi connectivity index (χ1v) is 4.62. The van der Waals surface area contributed by atoms with Crippen LogP contribution in [0.4, 0.5) is 0 Å². The molecule has 1 amide bonds. The number of primary amides is 1. The first-order chi connectivity index (χ1) is 5.64. The Balaban J connectivity index is 1.95. The molecule has 2 rings (SSSR count). The zero-order valence-electron chi connectivity index (χ0n) is 7.55. The third-order valence-electron chi connectivity index (χ3n) is 3.52. The molecule has 0 radical (unpaired) electrons. The number of carbonyl (C=O) groups is 1. The van der Waals surface area contributed by atoms with Gasteiger partial charge in [0, 0.05) is 5.92 Å². The summed E-state index contributed by atoms with van der Waals surface area (Å²) in [5.41, 5.74) is 5.62. The lowest BCUT2D eigenvalue weighted by Crippen LogP contribution is -2.34. The number of nitrogens with two attached hydrogens (primary N) is 1. The highest BCUT2D eigenvalue weighted by atomic mass is 16.1. The third kappa shape index (κ3) is 1.14. The third-order valence-corrected chi connectivity index (χ3v) is 3.52. The van der Waals surface area contributed by atoms with Gasteiger partial charge in [-0.3, -0.25) is 4.79 Å². The molecule has 0 bridgehead atoms. The minimum Gasteiger partial charge on any atom is -0.369 e. The molecule has 1 heterocycles. The average Bonchev–Trinajstić information content (AvgIpc) is 2.72. The van der Waals surface area contributed by atoms with Crippen molar-refractivity contribution in [2.24, 2.45) is 17.1 Å². The van der Waals surface area contributed by atoms with Gasteiger partial charge < -0.3 is 10.5 Å². The number of rotatable bonds is 1. The number of amides is 1. The van der Waals surface area contributed by atoms with Gasteiger partial charge in [-0.25, -0.2) is 0 Å². The molecule has 1 aliphatic carbocycles. The maximum Gasteiger partial charge on any atom is 0.221 e. The molecule has 2 aliphatic rings. The van der Waals surface area contributed by atoms with Crippen LogP contribution in [0, 0.1) is 11.3 Å². The number of nitrogens with zero attached hydrogens (tertiary/aromatic N) is 1. The molecular weight excluding hydrogens is 151 g/mol. The van der Waals surface area contributed by atoms with Crippen LogP contribution in [0.3, 0.4) is 0 Å². The minimum absolute atomic E-state index is 0.0837. The zero-order chi connectivity index (χ0) is 8.77. The molecular formula is C8H15BN2O. The van der Waals surface area contributed by atoms with Gasteiger partial charge in [-0.05, 0) is 37.8 Å². The molecule has 1 saturated heterocycles. The maximum absolute atomic E-state index is 10.9. The molecule has 3 nitrogen and oxygen atoms in total. The zero-order valence-corrected chi connectivity index (χ0v) is 7.55. The van der Waals surface area contributed by atoms with Crippen LogP contribution in [-0.2, 0) is 4.79 Å². The first kappa shape index (κ1) is 8.11. The summed E-state index contributed by atoms with van der Waals surface area (Å²) in [6.07, 6.45) is 3.38. The molecule has 1 atom stereocenters. The summed E-state index contributed by atoms with van der Waals surface area (Å²) in [6, 6.07) is 0. The molecule has 0 aromatic carbocycles. The van der Waals surface area contributed by atoms with Crippen molar-refractivity contribution in [2.75, 3.05) is 13.1 Å². The van der Waals surface area contributed by atoms with E-state index in [4.69, 9.17) is 5.73 Å². The quantitative estimate of drug-likeness (QED) is 0.514. The maximum atomic E-state index is 10.9. The minimum atomic E-state index is -0.0837. The van der Waals surface area contributed by atoms with Gasteiger partial charge in [0.15, 0.2) is 7.98 Å². The van der Waals surface area contributed by atoms with Gasteiger partial charge in [0.25, 0.3) is 0 Å². The van der Waals surface area contributed by atoms with Crippen LogP contribution in [0.25, 0.3) is 0 Å². The van der Waals surface area contributed by atoms with Crippen LogP contribution in [-0.4, -0.2) is 31.8 Å². The Morgan fingerprint density at radius 3 is 2.50 bits per heavy atom. The van der Waals surface area contributed by atoms with E-state index in [2.05, 4.69) is 12.8 Å². The fourth-order valence-electron chi connectivity index (χ4n) is 2.37. The second-order valence-electron chi connectivity index (χ2n) is 4.32. The van der Waals surface area contributed by atoms with E-state index in [1.54, 1.807) is 0 Å². The Morgan fingerprint density at radius 2 is 2.08 bits per heavy atom. The SMILES string of the molecule is BN1CCC2(CC1)CC2C(N)=O. The van der Waals surface area contributed by atoms with E-state index in [0.29, 0.717) is 5.41 Å². The molecule has 1 saturated carbocycles. The lowest BCUT2D eigenvalue weighted by molar-refractivity contribution is -0.120. The smallest absolute Gasteiger partial charge is 0.221 e. The van der Waals surface area contributed by atoms with Crippen molar-refractivity contribution in [2.45, 2.75) is 19.3 Å². The summed E-state index contributed by atoms with van der Waals surface area (Å²) >= 11 is 0. The lowest BCUT2D eigenvalue weighted by atomic mass is 9.89. The lowest BCUT2D eigenvalue weighted by Gasteiger charge is -2.29. The summed E-state index contributed by atoms with van der Waals surface area (Å²) in [4.78, 5) is 13.2. The van der Waals surface area contributed by atoms with Gasteiger partial charge in [0.1, 0.15) is 0 Å². The summed E-state index contributed by atoms with van der Waals surface area (Å²) in [7, 11) is 2.13. The highest BCUT2D eigenvalue weighted by molar-refractivity contribution is 6.04. The highest BCUT2D eigenvalue weighted by Gasteiger charge is 2.57. The van der Waals surface area contributed by atoms with Crippen LogP contribution in [0.15, 0.2) is 0 Å². The van der Waals surface area contributed by atoms with Crippen LogP contribution < -0.4 is 5.73 Å². The van der Waals surface area contributed by atoms with Crippen molar-refractivity contribution in [1.29, 1.82) is 0 Å². The van der Waals surface area contributed by atoms with Gasteiger partial charge >= 0.3 is 0 Å². The van der Waals surface area contributed by atoms with E-state index in [-0.39, 0.29) is 11.8 Å². The predicted molar refractivity (Wildman–Crippen MR) is 49.1 cm³/mol. The van der Waals surface area contributed by atoms with Gasteiger partial charge in [0.05, 0.1) is 0 Å². The van der Waals surface area contributed by atoms with Crippen molar-refractivity contribution in [3.05, 3.63) is 0 Å². The van der Waals surface area contributed by atoms with E-state index in [1.807, 2.05) is 0 Å². The molecule has 0 aromatic heterocycles. The van der Waals surface area contributed by atoms with Crippen LogP contribution in [0.2, 0.25) is 0 Å². The number of hydrogen-bond donors (Lipinski definition) is 1. The van der Waals surface area contributed by atoms with Crippen molar-refractivity contribution < 1.29 is 4.79 Å². The summed E-state index contributed by atoms with van der Waals surface area (Å²) in [6.45, 7) is 2.26. The normalized spacial score (nSPS) is 33.5. The van der Waals surface area contributed by atoms with Gasteiger partial charge in [-0.1, -0.05) is 0 Å². The average molecular weight is 166 g/mol. The molecule has 2 N–H and O–H groups in total. The molecule has 1 unspecified atom stereocenters. The van der Waals surface area contributed by atoms with Crippen molar-refractivity contribution in [3.8, 4) is 0 Å². The number of hydrogen-bond acceptors (Lipinski definition) is 2. The monoisotopic (exact) mass is 166 g/mol. The second-order valence-corrected chi connectivity index (χ2v) is 4.32. The summed E-state index contributed by atoms with van der Waals surface area (Å²) < 4.78 is 0. The fraction of sp³-hybridized carbons (Fsp3) is 0.875. The van der Waals surface area contributed by atoms with Crippen molar-refractivity contribution in [1.82, 2.24) is 4.81 Å². The second kappa shape index (κ2) is 2.49. The predicted octanol–water partition coefficient (Wildman–Crippen LogP) is -0.878. The van der Waals surface area contributed by atoms with Gasteiger partial charge in [0.2, 0.25) is 5.91 Å². The highest BCUT2D eigenvalue weighted by Crippen LogP contribution is 2.58. The van der Waals surface area contributed by atoms with E-state index < -0.39 is 0 Å². The molecule has 4 heteroatoms. The van der Waals surface area contributed by atoms with Crippen molar-refractivity contribution in [3.63, 3.8) is 0 Å². The Bertz CT molecular complexity index is 211. The van der Waals surface area contributed by atoms with E-state index in [0.717, 1.165) is 32.4 Å². The topological polar surface area (TPSA) is 46.3 Å². The van der Waals surface area contributed by atoms with Crippen molar-refractivity contribution >= 4 is 13.9 Å². The largest absolute Gasteiger partial charge is 0.369 e. The van der Waals surface area contributed by atoms with E-state index in [1.165, 1.54) is 0 Å². The standard InChI is InChI=1S/C8H15BN2O/c9-11-3-1-8(2-4-11)5-6(8)7(10)12/h6H,1-5,9H2,(H2,10,12). The number of piperidine rings is 1. The van der Waals surface area contributed by atoms with Crippen LogP contribution >= 0.6 is 0 Å². The summed E-state index contributed by atoms with van der Waals surface area (Å²) in [5.74, 6) is 0.116. The molecule has 12 heavy (non-hydrogen) atoms. The first-order valence-electron chi connectivity index (χ1n) is 4.62. The summed E-state index contributed by atoms with van der Waals surface area (Å²) in [5, 5.41) is 0. The molecule has 1 spiro atoms. The Hall–Kier alpha value is -0.505. The Morgan fingerprint density at radius 1 is 1.50 bits per heavy atom. The molecule has 1 aliphatic heterocycles. The van der Waals surface area contributed by atoms with Crippen LogP contribution in [0.5, 0.6) is 0 Å². The van der Waals surface area contributed by atoms with E-state index in [9.17, 15) is 4.79 Å². The molecule has 0 aromatic rings. The number of carbonyl (C=O) groups excluding carboxylic acids is 1. The Kier molecular flexibility index (Phi) is 1.68. The van der Waals surface area contributed by atoms with Gasteiger partial charge in [-0.15, -0.1) is 0 Å². The van der Waals surface area contributed by atoms with E-state index >= 15 is 0 Å². The fourth-order valence-corrected chi connectivity index (χ4v) is 2.37. The Labute approximate surface area is 73.7 Å². The van der Waals surface area contributed by atoms with Crippen LogP contribution in [0.1, 0.15) is 19.3 Å². The molecule has 2 fully saturated rings.